The number of amides is 1. The van der Waals surface area contributed by atoms with E-state index >= 15 is 0 Å². The molecule has 0 saturated carbocycles. The van der Waals surface area contributed by atoms with Crippen LogP contribution in [0.3, 0.4) is 0 Å². The van der Waals surface area contributed by atoms with E-state index in [0.29, 0.717) is 11.4 Å². The summed E-state index contributed by atoms with van der Waals surface area (Å²) >= 11 is 0. The highest BCUT2D eigenvalue weighted by Crippen LogP contribution is 2.22. The normalized spacial score (nSPS) is 16.2. The van der Waals surface area contributed by atoms with E-state index in [0.717, 1.165) is 37.4 Å². The van der Waals surface area contributed by atoms with Crippen LogP contribution in [-0.4, -0.2) is 50.3 Å². The van der Waals surface area contributed by atoms with Gasteiger partial charge in [0, 0.05) is 18.8 Å². The van der Waals surface area contributed by atoms with Crippen molar-refractivity contribution in [3.63, 3.8) is 0 Å². The first-order chi connectivity index (χ1) is 13.5. The molecule has 28 heavy (non-hydrogen) atoms. The number of carbonyl (C=O) groups is 1. The Morgan fingerprint density at radius 3 is 2.18 bits per heavy atom. The first-order valence-electron chi connectivity index (χ1n) is 9.60. The van der Waals surface area contributed by atoms with Crippen LogP contribution in [0.2, 0.25) is 0 Å². The molecule has 150 valence electrons. The zero-order valence-corrected chi connectivity index (χ0v) is 16.7. The van der Waals surface area contributed by atoms with Crippen LogP contribution in [0.1, 0.15) is 19.8 Å². The number of hydrogen-bond acceptors (Lipinski definition) is 5. The molecule has 2 aromatic carbocycles. The fraction of sp³-hybridized carbons (Fsp3) is 0.409. The van der Waals surface area contributed by atoms with Crippen molar-refractivity contribution in [1.29, 1.82) is 0 Å². The number of nitrogens with zero attached hydrogens (tertiary/aromatic N) is 1. The number of anilines is 1. The number of likely N-dealkylation sites (tertiary alicyclic amines) is 1. The summed E-state index contributed by atoms with van der Waals surface area (Å²) in [7, 11) is 3.74. The van der Waals surface area contributed by atoms with Gasteiger partial charge < -0.3 is 24.4 Å². The van der Waals surface area contributed by atoms with Crippen molar-refractivity contribution >= 4 is 11.6 Å². The second-order valence-corrected chi connectivity index (χ2v) is 7.07. The second-order valence-electron chi connectivity index (χ2n) is 7.07. The van der Waals surface area contributed by atoms with Gasteiger partial charge in [0.05, 0.1) is 7.11 Å². The maximum Gasteiger partial charge on any atom is 0.265 e. The van der Waals surface area contributed by atoms with Gasteiger partial charge in [-0.3, -0.25) is 4.79 Å². The maximum absolute atomic E-state index is 12.4. The van der Waals surface area contributed by atoms with E-state index in [1.54, 1.807) is 38.3 Å². The molecule has 1 aliphatic heterocycles. The van der Waals surface area contributed by atoms with Crippen LogP contribution in [-0.2, 0) is 4.79 Å². The van der Waals surface area contributed by atoms with E-state index in [-0.39, 0.29) is 12.0 Å². The summed E-state index contributed by atoms with van der Waals surface area (Å²) in [4.78, 5) is 14.7. The second kappa shape index (κ2) is 9.46. The first kappa shape index (κ1) is 20.0. The van der Waals surface area contributed by atoms with Gasteiger partial charge in [0.15, 0.2) is 6.10 Å². The quantitative estimate of drug-likeness (QED) is 0.791. The molecule has 6 nitrogen and oxygen atoms in total. The Morgan fingerprint density at radius 1 is 1.00 bits per heavy atom. The smallest absolute Gasteiger partial charge is 0.265 e. The minimum atomic E-state index is -0.622. The van der Waals surface area contributed by atoms with Gasteiger partial charge in [-0.1, -0.05) is 0 Å². The van der Waals surface area contributed by atoms with Crippen molar-refractivity contribution in [3.8, 4) is 17.2 Å². The highest BCUT2D eigenvalue weighted by Gasteiger charge is 2.18. The number of rotatable bonds is 7. The van der Waals surface area contributed by atoms with Gasteiger partial charge in [-0.15, -0.1) is 0 Å². The van der Waals surface area contributed by atoms with Crippen LogP contribution >= 0.6 is 0 Å². The molecule has 1 fully saturated rings. The highest BCUT2D eigenvalue weighted by molar-refractivity contribution is 5.94. The lowest BCUT2D eigenvalue weighted by Gasteiger charge is -2.29. The van der Waals surface area contributed by atoms with E-state index < -0.39 is 6.10 Å². The average molecular weight is 384 g/mol. The van der Waals surface area contributed by atoms with Gasteiger partial charge in [0.2, 0.25) is 0 Å². The molecule has 1 amide bonds. The van der Waals surface area contributed by atoms with E-state index in [4.69, 9.17) is 14.2 Å². The number of nitrogens with one attached hydrogen (secondary N) is 1. The molecule has 1 aliphatic rings. The number of carbonyl (C=O) groups excluding carboxylic acids is 1. The van der Waals surface area contributed by atoms with E-state index in [9.17, 15) is 4.79 Å². The number of piperidine rings is 1. The van der Waals surface area contributed by atoms with Crippen molar-refractivity contribution < 1.29 is 19.0 Å². The minimum absolute atomic E-state index is 0.209. The van der Waals surface area contributed by atoms with E-state index in [1.807, 2.05) is 24.3 Å². The Balaban J connectivity index is 1.49. The van der Waals surface area contributed by atoms with Crippen molar-refractivity contribution in [3.05, 3.63) is 48.5 Å². The molecular formula is C22H28N2O4. The van der Waals surface area contributed by atoms with Crippen LogP contribution in [0.15, 0.2) is 48.5 Å². The summed E-state index contributed by atoms with van der Waals surface area (Å²) in [5.41, 5.74) is 0.714. The number of hydrogen-bond donors (Lipinski definition) is 1. The van der Waals surface area contributed by atoms with Crippen molar-refractivity contribution in [2.24, 2.45) is 0 Å². The lowest BCUT2D eigenvalue weighted by molar-refractivity contribution is -0.122. The molecule has 0 aliphatic carbocycles. The van der Waals surface area contributed by atoms with Crippen LogP contribution in [0.5, 0.6) is 17.2 Å². The van der Waals surface area contributed by atoms with Crippen molar-refractivity contribution in [2.45, 2.75) is 32.0 Å². The topological polar surface area (TPSA) is 60.0 Å². The molecule has 6 heteroatoms. The molecular weight excluding hydrogens is 356 g/mol. The Morgan fingerprint density at radius 2 is 1.57 bits per heavy atom. The standard InChI is InChI=1S/C22H28N2O4/c1-16(27-19-10-8-18(26-3)9-11-19)22(25)23-17-4-6-20(7-5-17)28-21-12-14-24(2)15-13-21/h4-11,16,21H,12-15H2,1-3H3,(H,23,25). The zero-order valence-electron chi connectivity index (χ0n) is 16.7. The van der Waals surface area contributed by atoms with Crippen LogP contribution in [0.4, 0.5) is 5.69 Å². The summed E-state index contributed by atoms with van der Waals surface area (Å²) in [6.07, 6.45) is 1.71. The van der Waals surface area contributed by atoms with Gasteiger partial charge in [-0.05, 0) is 75.3 Å². The average Bonchev–Trinajstić information content (AvgIpc) is 2.71. The summed E-state index contributed by atoms with van der Waals surface area (Å²) in [6, 6.07) is 14.6. The first-order valence-corrected chi connectivity index (χ1v) is 9.60. The largest absolute Gasteiger partial charge is 0.497 e. The Labute approximate surface area is 166 Å². The molecule has 0 radical (unpaired) electrons. The summed E-state index contributed by atoms with van der Waals surface area (Å²) in [5.74, 6) is 1.98. The molecule has 1 heterocycles. The molecule has 0 aromatic heterocycles. The molecule has 2 aromatic rings. The molecule has 0 bridgehead atoms. The van der Waals surface area contributed by atoms with E-state index in [2.05, 4.69) is 17.3 Å². The molecule has 1 atom stereocenters. The third-order valence-corrected chi connectivity index (χ3v) is 4.83. The highest BCUT2D eigenvalue weighted by atomic mass is 16.5. The van der Waals surface area contributed by atoms with Gasteiger partial charge >= 0.3 is 0 Å². The van der Waals surface area contributed by atoms with E-state index in [1.165, 1.54) is 0 Å². The zero-order chi connectivity index (χ0) is 19.9. The number of ether oxygens (including phenoxy) is 3. The minimum Gasteiger partial charge on any atom is -0.497 e. The van der Waals surface area contributed by atoms with Crippen LogP contribution in [0.25, 0.3) is 0 Å². The predicted octanol–water partition coefficient (Wildman–Crippen LogP) is 3.57. The third-order valence-electron chi connectivity index (χ3n) is 4.83. The molecule has 1 saturated heterocycles. The summed E-state index contributed by atoms with van der Waals surface area (Å²) in [6.45, 7) is 3.84. The Kier molecular flexibility index (Phi) is 6.76. The summed E-state index contributed by atoms with van der Waals surface area (Å²) < 4.78 is 16.8. The van der Waals surface area contributed by atoms with Crippen LogP contribution < -0.4 is 19.5 Å². The Hall–Kier alpha value is -2.73. The molecule has 0 spiro atoms. The number of benzene rings is 2. The monoisotopic (exact) mass is 384 g/mol. The maximum atomic E-state index is 12.4. The SMILES string of the molecule is COc1ccc(OC(C)C(=O)Nc2ccc(OC3CCN(C)CC3)cc2)cc1. The number of methoxy groups -OCH3 is 1. The van der Waals surface area contributed by atoms with Crippen molar-refractivity contribution in [1.82, 2.24) is 4.90 Å². The van der Waals surface area contributed by atoms with Gasteiger partial charge in [0.25, 0.3) is 5.91 Å². The summed E-state index contributed by atoms with van der Waals surface area (Å²) in [5, 5.41) is 2.87. The van der Waals surface area contributed by atoms with Gasteiger partial charge in [-0.2, -0.15) is 0 Å². The predicted molar refractivity (Wildman–Crippen MR) is 109 cm³/mol. The van der Waals surface area contributed by atoms with Crippen molar-refractivity contribution in [2.75, 3.05) is 32.6 Å². The lowest BCUT2D eigenvalue weighted by atomic mass is 10.1. The fourth-order valence-corrected chi connectivity index (χ4v) is 3.07. The fourth-order valence-electron chi connectivity index (χ4n) is 3.07. The van der Waals surface area contributed by atoms with Gasteiger partial charge in [0.1, 0.15) is 23.4 Å². The molecule has 1 N–H and O–H groups in total. The lowest BCUT2D eigenvalue weighted by Crippen LogP contribution is -2.35. The molecule has 3 rings (SSSR count). The third kappa shape index (κ3) is 5.63. The van der Waals surface area contributed by atoms with Crippen LogP contribution in [0, 0.1) is 0 Å². The Bertz CT molecular complexity index is 753. The van der Waals surface area contributed by atoms with Gasteiger partial charge in [-0.25, -0.2) is 0 Å². The molecule has 1 unspecified atom stereocenters.